The zero-order valence-electron chi connectivity index (χ0n) is 11.1. The third kappa shape index (κ3) is 3.45. The predicted molar refractivity (Wildman–Crippen MR) is 75.9 cm³/mol. The largest absolute Gasteiger partial charge is 0.497 e. The van der Waals surface area contributed by atoms with Gasteiger partial charge >= 0.3 is 0 Å². The molecule has 0 spiro atoms. The van der Waals surface area contributed by atoms with Crippen molar-refractivity contribution in [3.8, 4) is 5.75 Å². The summed E-state index contributed by atoms with van der Waals surface area (Å²) < 4.78 is 5.09. The summed E-state index contributed by atoms with van der Waals surface area (Å²) in [5.74, 6) is 0.455. The van der Waals surface area contributed by atoms with Crippen molar-refractivity contribution >= 4 is 17.5 Å². The van der Waals surface area contributed by atoms with E-state index in [1.54, 1.807) is 7.11 Å². The molecule has 1 unspecified atom stereocenters. The maximum atomic E-state index is 12.0. The Morgan fingerprint density at radius 3 is 2.60 bits per heavy atom. The van der Waals surface area contributed by atoms with Gasteiger partial charge in [0.2, 0.25) is 0 Å². The van der Waals surface area contributed by atoms with Gasteiger partial charge in [0.15, 0.2) is 0 Å². The lowest BCUT2D eigenvalue weighted by molar-refractivity contribution is 0.0934. The number of rotatable bonds is 4. The molecule has 1 heterocycles. The van der Waals surface area contributed by atoms with Crippen molar-refractivity contribution in [2.45, 2.75) is 13.0 Å². The summed E-state index contributed by atoms with van der Waals surface area (Å²) in [5, 5.41) is 3.03. The second-order valence-corrected chi connectivity index (χ2v) is 4.58. The monoisotopic (exact) mass is 291 g/mol. The van der Waals surface area contributed by atoms with Crippen LogP contribution in [0.2, 0.25) is 5.15 Å². The average molecular weight is 292 g/mol. The van der Waals surface area contributed by atoms with E-state index in [0.29, 0.717) is 0 Å². The molecule has 5 nitrogen and oxygen atoms in total. The molecular weight excluding hydrogens is 278 g/mol. The number of carbonyl (C=O) groups excluding carboxylic acids is 1. The number of methoxy groups -OCH3 is 1. The zero-order valence-corrected chi connectivity index (χ0v) is 11.9. The number of carbonyl (C=O) groups is 1. The third-order valence-corrected chi connectivity index (χ3v) is 2.98. The van der Waals surface area contributed by atoms with Gasteiger partial charge < -0.3 is 10.1 Å². The lowest BCUT2D eigenvalue weighted by Crippen LogP contribution is -2.27. The van der Waals surface area contributed by atoms with Gasteiger partial charge in [0.1, 0.15) is 16.6 Å². The second-order valence-electron chi connectivity index (χ2n) is 4.20. The number of benzene rings is 1. The van der Waals surface area contributed by atoms with E-state index in [2.05, 4.69) is 15.3 Å². The Morgan fingerprint density at radius 2 is 2.00 bits per heavy atom. The molecule has 20 heavy (non-hydrogen) atoms. The van der Waals surface area contributed by atoms with Crippen LogP contribution in [0.3, 0.4) is 0 Å². The highest BCUT2D eigenvalue weighted by molar-refractivity contribution is 6.29. The molecular formula is C14H14ClN3O2. The van der Waals surface area contributed by atoms with Crippen molar-refractivity contribution in [3.05, 3.63) is 53.1 Å². The SMILES string of the molecule is COc1ccc(C(C)NC(=O)c2cncc(Cl)n2)cc1. The number of ether oxygens (including phenoxy) is 1. The summed E-state index contributed by atoms with van der Waals surface area (Å²) in [6, 6.07) is 7.32. The maximum absolute atomic E-state index is 12.0. The molecule has 1 aromatic carbocycles. The number of hydrogen-bond donors (Lipinski definition) is 1. The Morgan fingerprint density at radius 1 is 1.30 bits per heavy atom. The van der Waals surface area contributed by atoms with Gasteiger partial charge in [-0.25, -0.2) is 4.98 Å². The molecule has 1 amide bonds. The third-order valence-electron chi connectivity index (χ3n) is 2.80. The molecule has 104 valence electrons. The minimum Gasteiger partial charge on any atom is -0.497 e. The van der Waals surface area contributed by atoms with Crippen LogP contribution in [0.5, 0.6) is 5.75 Å². The number of amides is 1. The lowest BCUT2D eigenvalue weighted by Gasteiger charge is -2.14. The Balaban J connectivity index is 2.06. The van der Waals surface area contributed by atoms with Crippen molar-refractivity contribution in [2.24, 2.45) is 0 Å². The fourth-order valence-corrected chi connectivity index (χ4v) is 1.85. The fraction of sp³-hybridized carbons (Fsp3) is 0.214. The molecule has 6 heteroatoms. The molecule has 0 fully saturated rings. The molecule has 1 atom stereocenters. The highest BCUT2D eigenvalue weighted by Gasteiger charge is 2.13. The van der Waals surface area contributed by atoms with E-state index in [4.69, 9.17) is 16.3 Å². The van der Waals surface area contributed by atoms with Crippen LogP contribution >= 0.6 is 11.6 Å². The normalized spacial score (nSPS) is 11.8. The molecule has 1 aromatic heterocycles. The molecule has 0 saturated carbocycles. The second kappa shape index (κ2) is 6.34. The topological polar surface area (TPSA) is 64.1 Å². The summed E-state index contributed by atoms with van der Waals surface area (Å²) >= 11 is 5.71. The smallest absolute Gasteiger partial charge is 0.272 e. The molecule has 0 aliphatic heterocycles. The summed E-state index contributed by atoms with van der Waals surface area (Å²) in [6.45, 7) is 1.89. The zero-order chi connectivity index (χ0) is 14.5. The Kier molecular flexibility index (Phi) is 4.53. The van der Waals surface area contributed by atoms with Crippen LogP contribution in [0, 0.1) is 0 Å². The van der Waals surface area contributed by atoms with E-state index in [1.807, 2.05) is 31.2 Å². The minimum atomic E-state index is -0.316. The van der Waals surface area contributed by atoms with Crippen LogP contribution in [-0.2, 0) is 0 Å². The van der Waals surface area contributed by atoms with Gasteiger partial charge in [-0.1, -0.05) is 23.7 Å². The minimum absolute atomic E-state index is 0.158. The molecule has 2 rings (SSSR count). The van der Waals surface area contributed by atoms with Gasteiger partial charge in [-0.15, -0.1) is 0 Å². The van der Waals surface area contributed by atoms with Crippen LogP contribution in [0.15, 0.2) is 36.7 Å². The number of aromatic nitrogens is 2. The first-order chi connectivity index (χ1) is 9.60. The highest BCUT2D eigenvalue weighted by atomic mass is 35.5. The Bertz CT molecular complexity index is 602. The Labute approximate surface area is 122 Å². The summed E-state index contributed by atoms with van der Waals surface area (Å²) in [6.07, 6.45) is 2.76. The first-order valence-corrected chi connectivity index (χ1v) is 6.40. The standard InChI is InChI=1S/C14H14ClN3O2/c1-9(10-3-5-11(20-2)6-4-10)17-14(19)12-7-16-8-13(15)18-12/h3-9H,1-2H3,(H,17,19). The van der Waals surface area contributed by atoms with Gasteiger partial charge in [-0.2, -0.15) is 0 Å². The van der Waals surface area contributed by atoms with Crippen molar-refractivity contribution in [2.75, 3.05) is 7.11 Å². The van der Waals surface area contributed by atoms with E-state index in [1.165, 1.54) is 12.4 Å². The quantitative estimate of drug-likeness (QED) is 0.940. The molecule has 2 aromatic rings. The molecule has 0 saturated heterocycles. The number of nitrogens with zero attached hydrogens (tertiary/aromatic N) is 2. The van der Waals surface area contributed by atoms with Crippen molar-refractivity contribution in [1.29, 1.82) is 0 Å². The number of hydrogen-bond acceptors (Lipinski definition) is 4. The summed E-state index contributed by atoms with van der Waals surface area (Å²) in [5.41, 5.74) is 1.16. The number of nitrogens with one attached hydrogen (secondary N) is 1. The molecule has 0 aliphatic rings. The summed E-state index contributed by atoms with van der Waals surface area (Å²) in [4.78, 5) is 19.8. The Hall–Kier alpha value is -2.14. The molecule has 0 radical (unpaired) electrons. The van der Waals surface area contributed by atoms with E-state index in [0.717, 1.165) is 11.3 Å². The molecule has 1 N–H and O–H groups in total. The lowest BCUT2D eigenvalue weighted by atomic mass is 10.1. The predicted octanol–water partition coefficient (Wildman–Crippen LogP) is 2.63. The molecule has 0 aliphatic carbocycles. The van der Waals surface area contributed by atoms with Gasteiger partial charge in [-0.05, 0) is 24.6 Å². The van der Waals surface area contributed by atoms with Gasteiger partial charge in [0.05, 0.1) is 25.5 Å². The van der Waals surface area contributed by atoms with Crippen LogP contribution in [-0.4, -0.2) is 23.0 Å². The van der Waals surface area contributed by atoms with E-state index in [9.17, 15) is 4.79 Å². The van der Waals surface area contributed by atoms with Gasteiger partial charge in [0.25, 0.3) is 5.91 Å². The van der Waals surface area contributed by atoms with Crippen molar-refractivity contribution < 1.29 is 9.53 Å². The maximum Gasteiger partial charge on any atom is 0.272 e. The summed E-state index contributed by atoms with van der Waals surface area (Å²) in [7, 11) is 1.61. The average Bonchev–Trinajstić information content (AvgIpc) is 2.47. The molecule has 0 bridgehead atoms. The van der Waals surface area contributed by atoms with Gasteiger partial charge in [0, 0.05) is 0 Å². The van der Waals surface area contributed by atoms with Crippen LogP contribution in [0.4, 0.5) is 0 Å². The van der Waals surface area contributed by atoms with Crippen LogP contribution < -0.4 is 10.1 Å². The van der Waals surface area contributed by atoms with E-state index in [-0.39, 0.29) is 22.8 Å². The van der Waals surface area contributed by atoms with Crippen molar-refractivity contribution in [3.63, 3.8) is 0 Å². The van der Waals surface area contributed by atoms with E-state index >= 15 is 0 Å². The first-order valence-electron chi connectivity index (χ1n) is 6.02. The van der Waals surface area contributed by atoms with E-state index < -0.39 is 0 Å². The highest BCUT2D eigenvalue weighted by Crippen LogP contribution is 2.17. The van der Waals surface area contributed by atoms with Gasteiger partial charge in [-0.3, -0.25) is 9.78 Å². The van der Waals surface area contributed by atoms with Crippen molar-refractivity contribution in [1.82, 2.24) is 15.3 Å². The number of halogens is 1. The van der Waals surface area contributed by atoms with Crippen LogP contribution in [0.25, 0.3) is 0 Å². The van der Waals surface area contributed by atoms with Crippen LogP contribution in [0.1, 0.15) is 29.0 Å². The fourth-order valence-electron chi connectivity index (χ4n) is 1.70. The first kappa shape index (κ1) is 14.3.